The first kappa shape index (κ1) is 24.9. The van der Waals surface area contributed by atoms with Crippen molar-refractivity contribution < 1.29 is 19.1 Å². The lowest BCUT2D eigenvalue weighted by atomic mass is 9.88. The maximum absolute atomic E-state index is 13.5. The van der Waals surface area contributed by atoms with Gasteiger partial charge in [-0.15, -0.1) is 0 Å². The number of amides is 4. The highest BCUT2D eigenvalue weighted by Crippen LogP contribution is 2.24. The van der Waals surface area contributed by atoms with Gasteiger partial charge in [0.2, 0.25) is 5.91 Å². The predicted octanol–water partition coefficient (Wildman–Crippen LogP) is 3.03. The molecule has 1 atom stereocenters. The zero-order chi connectivity index (χ0) is 24.0. The van der Waals surface area contributed by atoms with Gasteiger partial charge in [-0.3, -0.25) is 9.59 Å². The monoisotopic (exact) mass is 458 g/mol. The number of carbonyl (C=O) groups excluding carboxylic acids is 3. The van der Waals surface area contributed by atoms with Crippen LogP contribution in [0.2, 0.25) is 0 Å². The molecule has 8 heteroatoms. The van der Waals surface area contributed by atoms with Crippen LogP contribution in [0, 0.1) is 5.92 Å². The van der Waals surface area contributed by atoms with Gasteiger partial charge in [-0.25, -0.2) is 4.79 Å². The van der Waals surface area contributed by atoms with Crippen molar-refractivity contribution in [1.82, 2.24) is 20.4 Å². The van der Waals surface area contributed by atoms with E-state index in [9.17, 15) is 14.4 Å². The summed E-state index contributed by atoms with van der Waals surface area (Å²) in [4.78, 5) is 42.7. The van der Waals surface area contributed by atoms with Gasteiger partial charge >= 0.3 is 6.03 Å². The zero-order valence-corrected chi connectivity index (χ0v) is 20.4. The van der Waals surface area contributed by atoms with E-state index < -0.39 is 6.04 Å². The highest BCUT2D eigenvalue weighted by Gasteiger charge is 2.36. The molecule has 0 saturated carbocycles. The third-order valence-electron chi connectivity index (χ3n) is 6.35. The Kier molecular flexibility index (Phi) is 8.21. The molecule has 0 spiro atoms. The minimum absolute atomic E-state index is 0.00541. The Balaban J connectivity index is 1.70. The first-order chi connectivity index (χ1) is 15.7. The summed E-state index contributed by atoms with van der Waals surface area (Å²) >= 11 is 0. The molecule has 2 saturated heterocycles. The molecule has 1 aromatic carbocycles. The maximum Gasteiger partial charge on any atom is 0.317 e. The average molecular weight is 459 g/mol. The van der Waals surface area contributed by atoms with E-state index in [2.05, 4.69) is 10.6 Å². The smallest absolute Gasteiger partial charge is 0.317 e. The zero-order valence-electron chi connectivity index (χ0n) is 20.4. The van der Waals surface area contributed by atoms with Crippen LogP contribution < -0.4 is 15.4 Å². The van der Waals surface area contributed by atoms with Gasteiger partial charge < -0.3 is 25.2 Å². The van der Waals surface area contributed by atoms with Crippen LogP contribution in [0.4, 0.5) is 4.79 Å². The quantitative estimate of drug-likeness (QED) is 0.710. The van der Waals surface area contributed by atoms with Crippen LogP contribution in [0.3, 0.4) is 0 Å². The van der Waals surface area contributed by atoms with Gasteiger partial charge in [0.15, 0.2) is 0 Å². The molecule has 4 amide bonds. The van der Waals surface area contributed by atoms with Crippen LogP contribution in [-0.2, 0) is 4.79 Å². The third kappa shape index (κ3) is 6.85. The molecule has 0 unspecified atom stereocenters. The van der Waals surface area contributed by atoms with Crippen LogP contribution in [0.15, 0.2) is 24.3 Å². The lowest BCUT2D eigenvalue weighted by Gasteiger charge is -2.39. The van der Waals surface area contributed by atoms with Gasteiger partial charge in [0.05, 0.1) is 7.11 Å². The highest BCUT2D eigenvalue weighted by atomic mass is 16.5. The molecule has 182 valence electrons. The van der Waals surface area contributed by atoms with E-state index in [1.807, 2.05) is 25.7 Å². The fourth-order valence-electron chi connectivity index (χ4n) is 4.49. The normalized spacial score (nSPS) is 18.4. The van der Waals surface area contributed by atoms with Crippen LogP contribution in [0.25, 0.3) is 0 Å². The lowest BCUT2D eigenvalue weighted by Crippen LogP contribution is -2.56. The molecule has 2 fully saturated rings. The first-order valence-electron chi connectivity index (χ1n) is 12.0. The van der Waals surface area contributed by atoms with Crippen LogP contribution in [0.1, 0.15) is 63.2 Å². The van der Waals surface area contributed by atoms with Crippen molar-refractivity contribution in [1.29, 1.82) is 0 Å². The standard InChI is InChI=1S/C25H38N4O4/c1-25(2,3)27-24(32)29-16-12-18(13-17-29)21(23(31)28-14-6-5-7-15-28)26-22(30)19-8-10-20(33-4)11-9-19/h8-11,18,21H,5-7,12-17H2,1-4H3,(H,26,30)(H,27,32)/t21-/m0/s1. The van der Waals surface area contributed by atoms with Crippen LogP contribution in [-0.4, -0.2) is 72.5 Å². The number of rotatable bonds is 5. The van der Waals surface area contributed by atoms with E-state index >= 15 is 0 Å². The second-order valence-electron chi connectivity index (χ2n) is 10.1. The van der Waals surface area contributed by atoms with Crippen molar-refractivity contribution in [3.05, 3.63) is 29.8 Å². The Morgan fingerprint density at radius 1 is 0.939 bits per heavy atom. The molecule has 1 aromatic rings. The number of benzene rings is 1. The number of carbonyl (C=O) groups is 3. The minimum atomic E-state index is -0.592. The van der Waals surface area contributed by atoms with Gasteiger partial charge in [0, 0.05) is 37.3 Å². The van der Waals surface area contributed by atoms with Crippen LogP contribution >= 0.6 is 0 Å². The second kappa shape index (κ2) is 10.9. The molecular formula is C25H38N4O4. The fourth-order valence-corrected chi connectivity index (χ4v) is 4.49. The lowest BCUT2D eigenvalue weighted by molar-refractivity contribution is -0.136. The van der Waals surface area contributed by atoms with Gasteiger partial charge in [0.1, 0.15) is 11.8 Å². The molecule has 2 aliphatic rings. The molecule has 8 nitrogen and oxygen atoms in total. The summed E-state index contributed by atoms with van der Waals surface area (Å²) < 4.78 is 5.17. The molecule has 2 heterocycles. The molecule has 0 radical (unpaired) electrons. The number of hydrogen-bond acceptors (Lipinski definition) is 4. The van der Waals surface area contributed by atoms with Gasteiger partial charge in [-0.05, 0) is 83.1 Å². The first-order valence-corrected chi connectivity index (χ1v) is 12.0. The van der Waals surface area contributed by atoms with Crippen molar-refractivity contribution in [2.24, 2.45) is 5.92 Å². The molecule has 3 rings (SSSR count). The largest absolute Gasteiger partial charge is 0.497 e. The summed E-state index contributed by atoms with van der Waals surface area (Å²) in [5, 5.41) is 6.03. The predicted molar refractivity (Wildman–Crippen MR) is 127 cm³/mol. The number of nitrogens with one attached hydrogen (secondary N) is 2. The highest BCUT2D eigenvalue weighted by molar-refractivity contribution is 5.97. The maximum atomic E-state index is 13.5. The summed E-state index contributed by atoms with van der Waals surface area (Å²) in [5.74, 6) is 0.392. The van der Waals surface area contributed by atoms with Crippen molar-refractivity contribution >= 4 is 17.8 Å². The SMILES string of the molecule is COc1ccc(C(=O)N[C@H](C(=O)N2CCCCC2)C2CCN(C(=O)NC(C)(C)C)CC2)cc1. The van der Waals surface area contributed by atoms with Crippen molar-refractivity contribution in [2.75, 3.05) is 33.3 Å². The average Bonchev–Trinajstić information content (AvgIpc) is 2.81. The molecule has 2 aliphatic heterocycles. The molecular weight excluding hydrogens is 420 g/mol. The third-order valence-corrected chi connectivity index (χ3v) is 6.35. The van der Waals surface area contributed by atoms with Crippen LogP contribution in [0.5, 0.6) is 5.75 Å². The summed E-state index contributed by atoms with van der Waals surface area (Å²) in [6, 6.07) is 6.21. The number of likely N-dealkylation sites (tertiary alicyclic amines) is 2. The Morgan fingerprint density at radius 3 is 2.09 bits per heavy atom. The van der Waals surface area contributed by atoms with E-state index in [-0.39, 0.29) is 29.3 Å². The van der Waals surface area contributed by atoms with Crippen molar-refractivity contribution in [3.8, 4) is 5.75 Å². The van der Waals surface area contributed by atoms with Gasteiger partial charge in [-0.2, -0.15) is 0 Å². The topological polar surface area (TPSA) is 91.0 Å². The fraction of sp³-hybridized carbons (Fsp3) is 0.640. The molecule has 0 aliphatic carbocycles. The Hall–Kier alpha value is -2.77. The summed E-state index contributed by atoms with van der Waals surface area (Å²) in [6.45, 7) is 8.48. The minimum Gasteiger partial charge on any atom is -0.497 e. The Labute approximate surface area is 197 Å². The Bertz CT molecular complexity index is 820. The molecule has 33 heavy (non-hydrogen) atoms. The number of ether oxygens (including phenoxy) is 1. The van der Waals surface area contributed by atoms with E-state index in [1.165, 1.54) is 0 Å². The number of methoxy groups -OCH3 is 1. The number of hydrogen-bond donors (Lipinski definition) is 2. The number of piperidine rings is 2. The summed E-state index contributed by atoms with van der Waals surface area (Å²) in [7, 11) is 1.58. The van der Waals surface area contributed by atoms with Gasteiger partial charge in [0.25, 0.3) is 5.91 Å². The van der Waals surface area contributed by atoms with Crippen molar-refractivity contribution in [2.45, 2.75) is 64.5 Å². The second-order valence-corrected chi connectivity index (χ2v) is 10.1. The molecule has 0 aromatic heterocycles. The summed E-state index contributed by atoms with van der Waals surface area (Å²) in [6.07, 6.45) is 4.47. The van der Waals surface area contributed by atoms with E-state index in [0.29, 0.717) is 37.2 Å². The molecule has 2 N–H and O–H groups in total. The summed E-state index contributed by atoms with van der Waals surface area (Å²) in [5.41, 5.74) is 0.196. The van der Waals surface area contributed by atoms with Gasteiger partial charge in [-0.1, -0.05) is 0 Å². The van der Waals surface area contributed by atoms with E-state index in [4.69, 9.17) is 4.74 Å². The number of nitrogens with zero attached hydrogens (tertiary/aromatic N) is 2. The Morgan fingerprint density at radius 2 is 1.55 bits per heavy atom. The number of urea groups is 1. The van der Waals surface area contributed by atoms with E-state index in [0.717, 1.165) is 32.4 Å². The van der Waals surface area contributed by atoms with E-state index in [1.54, 1.807) is 36.3 Å². The van der Waals surface area contributed by atoms with Crippen molar-refractivity contribution in [3.63, 3.8) is 0 Å². The molecule has 0 bridgehead atoms.